The van der Waals surface area contributed by atoms with Crippen LogP contribution in [0.3, 0.4) is 0 Å². The van der Waals surface area contributed by atoms with Crippen molar-refractivity contribution in [3.8, 4) is 0 Å². The van der Waals surface area contributed by atoms with E-state index in [1.165, 1.54) is 12.1 Å². The molecule has 2 rings (SSSR count). The molecular weight excluding hydrogens is 245 g/mol. The third kappa shape index (κ3) is 4.31. The molecular formula is C15H20FNO2. The Labute approximate surface area is 112 Å². The number of hydrogen-bond acceptors (Lipinski definition) is 2. The molecule has 0 saturated heterocycles. The molecule has 1 aliphatic rings. The van der Waals surface area contributed by atoms with Crippen molar-refractivity contribution in [1.29, 1.82) is 0 Å². The zero-order valence-corrected chi connectivity index (χ0v) is 10.9. The van der Waals surface area contributed by atoms with Crippen LogP contribution in [0.15, 0.2) is 24.3 Å². The number of amides is 1. The number of benzene rings is 1. The van der Waals surface area contributed by atoms with Crippen LogP contribution in [0.25, 0.3) is 0 Å². The van der Waals surface area contributed by atoms with Crippen LogP contribution < -0.4 is 5.32 Å². The molecule has 2 atom stereocenters. The van der Waals surface area contributed by atoms with E-state index < -0.39 is 6.10 Å². The van der Waals surface area contributed by atoms with Crippen LogP contribution in [0, 0.1) is 5.82 Å². The fourth-order valence-electron chi connectivity index (χ4n) is 2.47. The monoisotopic (exact) mass is 265 g/mol. The van der Waals surface area contributed by atoms with Gasteiger partial charge in [-0.25, -0.2) is 4.39 Å². The molecule has 1 aliphatic carbocycles. The van der Waals surface area contributed by atoms with Gasteiger partial charge in [0.1, 0.15) is 5.82 Å². The SMILES string of the molecule is O=C(CCc1ccc(F)cc1)NC1CCCCC1O. The van der Waals surface area contributed by atoms with Crippen molar-refractivity contribution in [3.05, 3.63) is 35.6 Å². The number of nitrogens with one attached hydrogen (secondary N) is 1. The standard InChI is InChI=1S/C15H20FNO2/c16-12-8-5-11(6-9-12)7-10-15(19)17-13-3-1-2-4-14(13)18/h5-6,8-9,13-14,18H,1-4,7,10H2,(H,17,19). The minimum absolute atomic E-state index is 0.0460. The molecule has 0 heterocycles. The van der Waals surface area contributed by atoms with Crippen molar-refractivity contribution < 1.29 is 14.3 Å². The van der Waals surface area contributed by atoms with Gasteiger partial charge in [0.25, 0.3) is 0 Å². The normalized spacial score (nSPS) is 23.1. The summed E-state index contributed by atoms with van der Waals surface area (Å²) >= 11 is 0. The number of aliphatic hydroxyl groups is 1. The number of rotatable bonds is 4. The molecule has 2 unspecified atom stereocenters. The van der Waals surface area contributed by atoms with Gasteiger partial charge in [-0.05, 0) is 37.0 Å². The molecule has 1 fully saturated rings. The van der Waals surface area contributed by atoms with Crippen LogP contribution in [0.5, 0.6) is 0 Å². The summed E-state index contributed by atoms with van der Waals surface area (Å²) in [7, 11) is 0. The molecule has 0 aliphatic heterocycles. The Bertz CT molecular complexity index is 419. The highest BCUT2D eigenvalue weighted by Gasteiger charge is 2.24. The molecule has 4 heteroatoms. The van der Waals surface area contributed by atoms with Crippen LogP contribution in [0.2, 0.25) is 0 Å². The maximum Gasteiger partial charge on any atom is 0.220 e. The van der Waals surface area contributed by atoms with Crippen LogP contribution >= 0.6 is 0 Å². The molecule has 1 saturated carbocycles. The Balaban J connectivity index is 1.76. The number of carbonyl (C=O) groups is 1. The van der Waals surface area contributed by atoms with E-state index in [-0.39, 0.29) is 17.8 Å². The second kappa shape index (κ2) is 6.66. The third-order valence-corrected chi connectivity index (χ3v) is 3.63. The van der Waals surface area contributed by atoms with E-state index in [4.69, 9.17) is 0 Å². The van der Waals surface area contributed by atoms with E-state index in [0.717, 1.165) is 31.2 Å². The van der Waals surface area contributed by atoms with Gasteiger partial charge in [0.2, 0.25) is 5.91 Å². The smallest absolute Gasteiger partial charge is 0.220 e. The summed E-state index contributed by atoms with van der Waals surface area (Å²) in [5.74, 6) is -0.311. The highest BCUT2D eigenvalue weighted by atomic mass is 19.1. The summed E-state index contributed by atoms with van der Waals surface area (Å²) < 4.78 is 12.7. The molecule has 3 nitrogen and oxygen atoms in total. The molecule has 19 heavy (non-hydrogen) atoms. The Morgan fingerprint density at radius 1 is 1.26 bits per heavy atom. The first-order valence-corrected chi connectivity index (χ1v) is 6.87. The van der Waals surface area contributed by atoms with E-state index in [2.05, 4.69) is 5.32 Å². The van der Waals surface area contributed by atoms with Crippen molar-refractivity contribution in [2.45, 2.75) is 50.7 Å². The number of aryl methyl sites for hydroxylation is 1. The molecule has 2 N–H and O–H groups in total. The van der Waals surface area contributed by atoms with E-state index in [0.29, 0.717) is 12.8 Å². The molecule has 1 aromatic rings. The lowest BCUT2D eigenvalue weighted by atomic mass is 9.92. The van der Waals surface area contributed by atoms with Gasteiger partial charge in [-0.15, -0.1) is 0 Å². The predicted octanol–water partition coefficient (Wildman–Crippen LogP) is 2.18. The fraction of sp³-hybridized carbons (Fsp3) is 0.533. The first-order valence-electron chi connectivity index (χ1n) is 6.87. The largest absolute Gasteiger partial charge is 0.391 e. The summed E-state index contributed by atoms with van der Waals surface area (Å²) in [6.07, 6.45) is 4.25. The lowest BCUT2D eigenvalue weighted by Gasteiger charge is -2.28. The van der Waals surface area contributed by atoms with Crippen LogP contribution in [-0.2, 0) is 11.2 Å². The van der Waals surface area contributed by atoms with Crippen molar-refractivity contribution in [3.63, 3.8) is 0 Å². The molecule has 0 bridgehead atoms. The van der Waals surface area contributed by atoms with Gasteiger partial charge in [-0.3, -0.25) is 4.79 Å². The minimum Gasteiger partial charge on any atom is -0.391 e. The maximum atomic E-state index is 12.7. The molecule has 0 spiro atoms. The minimum atomic E-state index is -0.413. The lowest BCUT2D eigenvalue weighted by molar-refractivity contribution is -0.123. The third-order valence-electron chi connectivity index (χ3n) is 3.63. The first kappa shape index (κ1) is 14.0. The van der Waals surface area contributed by atoms with Crippen molar-refractivity contribution in [2.24, 2.45) is 0 Å². The van der Waals surface area contributed by atoms with Crippen molar-refractivity contribution in [2.75, 3.05) is 0 Å². The van der Waals surface area contributed by atoms with Crippen molar-refractivity contribution in [1.82, 2.24) is 5.32 Å². The van der Waals surface area contributed by atoms with E-state index in [1.807, 2.05) is 0 Å². The number of hydrogen-bond donors (Lipinski definition) is 2. The Morgan fingerprint density at radius 3 is 2.63 bits per heavy atom. The van der Waals surface area contributed by atoms with Gasteiger partial charge in [-0.2, -0.15) is 0 Å². The summed E-state index contributed by atoms with van der Waals surface area (Å²) in [5, 5.41) is 12.7. The average molecular weight is 265 g/mol. The summed E-state index contributed by atoms with van der Waals surface area (Å²) in [4.78, 5) is 11.8. The average Bonchev–Trinajstić information content (AvgIpc) is 2.41. The second-order valence-electron chi connectivity index (χ2n) is 5.15. The quantitative estimate of drug-likeness (QED) is 0.876. The predicted molar refractivity (Wildman–Crippen MR) is 71.1 cm³/mol. The van der Waals surface area contributed by atoms with Gasteiger partial charge in [0.15, 0.2) is 0 Å². The van der Waals surface area contributed by atoms with E-state index in [9.17, 15) is 14.3 Å². The highest BCUT2D eigenvalue weighted by molar-refractivity contribution is 5.76. The molecule has 0 radical (unpaired) electrons. The molecule has 0 aromatic heterocycles. The number of carbonyl (C=O) groups excluding carboxylic acids is 1. The van der Waals surface area contributed by atoms with Gasteiger partial charge in [-0.1, -0.05) is 25.0 Å². The van der Waals surface area contributed by atoms with Gasteiger partial charge < -0.3 is 10.4 Å². The van der Waals surface area contributed by atoms with Crippen LogP contribution in [-0.4, -0.2) is 23.2 Å². The van der Waals surface area contributed by atoms with Crippen LogP contribution in [0.1, 0.15) is 37.7 Å². The van der Waals surface area contributed by atoms with Gasteiger partial charge >= 0.3 is 0 Å². The van der Waals surface area contributed by atoms with Crippen molar-refractivity contribution >= 4 is 5.91 Å². The first-order chi connectivity index (χ1) is 9.15. The summed E-state index contributed by atoms with van der Waals surface area (Å²) in [6.45, 7) is 0. The van der Waals surface area contributed by atoms with E-state index in [1.54, 1.807) is 12.1 Å². The zero-order valence-electron chi connectivity index (χ0n) is 10.9. The Hall–Kier alpha value is -1.42. The maximum absolute atomic E-state index is 12.7. The fourth-order valence-corrected chi connectivity index (χ4v) is 2.47. The molecule has 104 valence electrons. The summed E-state index contributed by atoms with van der Waals surface area (Å²) in [6, 6.07) is 6.08. The summed E-state index contributed by atoms with van der Waals surface area (Å²) in [5.41, 5.74) is 0.945. The highest BCUT2D eigenvalue weighted by Crippen LogP contribution is 2.18. The Morgan fingerprint density at radius 2 is 1.95 bits per heavy atom. The zero-order chi connectivity index (χ0) is 13.7. The van der Waals surface area contributed by atoms with E-state index >= 15 is 0 Å². The number of aliphatic hydroxyl groups excluding tert-OH is 1. The van der Waals surface area contributed by atoms with Gasteiger partial charge in [0.05, 0.1) is 12.1 Å². The van der Waals surface area contributed by atoms with Crippen LogP contribution in [0.4, 0.5) is 4.39 Å². The topological polar surface area (TPSA) is 49.3 Å². The van der Waals surface area contributed by atoms with Gasteiger partial charge in [0, 0.05) is 6.42 Å². The number of halogens is 1. The molecule has 1 aromatic carbocycles. The Kier molecular flexibility index (Phi) is 4.91. The molecule has 1 amide bonds. The lowest BCUT2D eigenvalue weighted by Crippen LogP contribution is -2.45. The second-order valence-corrected chi connectivity index (χ2v) is 5.15.